The lowest BCUT2D eigenvalue weighted by Gasteiger charge is -2.77. The Labute approximate surface area is 260 Å². The monoisotopic (exact) mass is 654 g/mol. The largest absolute Gasteiger partial charge is 0.469 e. The van der Waals surface area contributed by atoms with E-state index in [0.717, 1.165) is 0 Å². The number of nitrogens with one attached hydrogen (secondary N) is 2. The van der Waals surface area contributed by atoms with Gasteiger partial charge in [0.2, 0.25) is 7.41 Å². The summed E-state index contributed by atoms with van der Waals surface area (Å²) < 4.78 is 41.0. The number of ether oxygens (including phenoxy) is 4. The molecule has 0 aromatic rings. The molecule has 0 aromatic heterocycles. The third-order valence-electron chi connectivity index (χ3n) is 11.0. The molecule has 0 amide bonds. The Balaban J connectivity index is 1.05. The molecule has 0 spiro atoms. The first-order valence-corrected chi connectivity index (χ1v) is 16.7. The van der Waals surface area contributed by atoms with Crippen molar-refractivity contribution >= 4 is 29.6 Å². The van der Waals surface area contributed by atoms with Crippen molar-refractivity contribution in [3.8, 4) is 0 Å². The van der Waals surface area contributed by atoms with Gasteiger partial charge in [-0.25, -0.2) is 40.5 Å². The predicted octanol–water partition coefficient (Wildman–Crippen LogP) is -7.48. The van der Waals surface area contributed by atoms with Gasteiger partial charge in [-0.05, 0) is 5.94 Å². The van der Waals surface area contributed by atoms with Gasteiger partial charge in [-0.2, -0.15) is 5.01 Å². The number of aliphatic hydroxyl groups is 3. The number of likely N-dealkylation sites (N-methyl/N-ethyl adjacent to an activating group) is 2. The second-order valence-corrected chi connectivity index (χ2v) is 14.4. The van der Waals surface area contributed by atoms with Gasteiger partial charge in [0.1, 0.15) is 61.3 Å². The normalized spacial score (nSPS) is 52.5. The number of aliphatic hydroxyl groups excluding tert-OH is 3. The van der Waals surface area contributed by atoms with Gasteiger partial charge >= 0.3 is 7.82 Å². The number of hydrogen-bond acceptors (Lipinski definition) is 18. The second kappa shape index (κ2) is 10.6. The molecule has 0 aliphatic carbocycles. The number of hydrazine groups is 4. The van der Waals surface area contributed by atoms with E-state index >= 15 is 0 Å². The molecule has 24 heteroatoms. The highest BCUT2D eigenvalue weighted by molar-refractivity contribution is 7.46. The molecule has 9 saturated heterocycles. The standard InChI is InChI=1S/C21H36B3N9O11P/c1-27-18-19(28(27)2)30-6-32-21-20(31(32)5-29(18)30)33(23-14-11(35)10(34)7(42-14)3-40-21)15-9-17(26-25-9)44-13-8(4-41-45(37,38)39)43-16(12(13)36)24(15)22/h7-21,25-26,34-36H,3-6H2,1-2H3,(H2,37,38,39)/t7?,8?,9?,10?,11?,12?,13?,14?,15-,16?,17?,18-,19?,20-,21?/m1/s1. The summed E-state index contributed by atoms with van der Waals surface area (Å²) in [5.41, 5.74) is 6.20. The van der Waals surface area contributed by atoms with Crippen LogP contribution in [-0.4, -0.2) is 214 Å². The number of phosphoric ester groups is 1. The minimum Gasteiger partial charge on any atom is -0.388 e. The smallest absolute Gasteiger partial charge is 0.388 e. The van der Waals surface area contributed by atoms with E-state index in [1.807, 2.05) is 4.81 Å². The Kier molecular flexibility index (Phi) is 7.22. The fourth-order valence-corrected chi connectivity index (χ4v) is 8.85. The summed E-state index contributed by atoms with van der Waals surface area (Å²) in [5.74, 6) is -0.638. The third kappa shape index (κ3) is 4.37. The molecule has 3 radical (unpaired) electrons. The van der Waals surface area contributed by atoms with Crippen LogP contribution in [0.25, 0.3) is 0 Å². The maximum Gasteiger partial charge on any atom is 0.469 e. The van der Waals surface area contributed by atoms with Gasteiger partial charge in [0.25, 0.3) is 0 Å². The van der Waals surface area contributed by atoms with Crippen LogP contribution < -0.4 is 10.9 Å². The van der Waals surface area contributed by atoms with E-state index in [1.54, 1.807) is 7.41 Å². The SMILES string of the molecule is [B]B1C2OC(COP(=O)(O)O)C(OC3NNC3[C@H]1N1[B]C3OC(COC4[C@@H]1N1CN5[C@@H]6C(N(C)N6C)N5CN41)C(O)C3O)C2O. The Morgan fingerprint density at radius 2 is 1.64 bits per heavy atom. The molecule has 0 aromatic carbocycles. The predicted molar refractivity (Wildman–Crippen MR) is 149 cm³/mol. The molecule has 9 fully saturated rings. The quantitative estimate of drug-likeness (QED) is 0.111. The fraction of sp³-hybridized carbons (Fsp3) is 1.00. The third-order valence-corrected chi connectivity index (χ3v) is 11.5. The average Bonchev–Trinajstić information content (AvgIpc) is 3.45. The molecule has 45 heavy (non-hydrogen) atoms. The summed E-state index contributed by atoms with van der Waals surface area (Å²) >= 11 is 0. The molecular weight excluding hydrogens is 618 g/mol. The van der Waals surface area contributed by atoms with Crippen molar-refractivity contribution in [2.45, 2.75) is 91.6 Å². The van der Waals surface area contributed by atoms with Crippen LogP contribution in [0.1, 0.15) is 0 Å². The Bertz CT molecular complexity index is 1260. The van der Waals surface area contributed by atoms with Gasteiger partial charge < -0.3 is 48.9 Å². The lowest BCUT2D eigenvalue weighted by molar-refractivity contribution is -0.501. The van der Waals surface area contributed by atoms with Gasteiger partial charge in [-0.1, -0.05) is 0 Å². The topological polar surface area (TPSA) is 211 Å². The number of phosphoric acid groups is 1. The van der Waals surface area contributed by atoms with Crippen LogP contribution in [0.5, 0.6) is 0 Å². The van der Waals surface area contributed by atoms with Gasteiger partial charge in [0.15, 0.2) is 12.8 Å². The van der Waals surface area contributed by atoms with E-state index in [1.165, 1.54) is 0 Å². The maximum atomic E-state index is 11.4. The molecule has 9 rings (SSSR count). The molecule has 12 unspecified atom stereocenters. The van der Waals surface area contributed by atoms with Crippen LogP contribution >= 0.6 is 7.82 Å². The van der Waals surface area contributed by atoms with Gasteiger partial charge in [0.05, 0.1) is 44.6 Å². The van der Waals surface area contributed by atoms with Crippen molar-refractivity contribution in [3.05, 3.63) is 0 Å². The summed E-state index contributed by atoms with van der Waals surface area (Å²) in [6.07, 6.45) is -7.37. The van der Waals surface area contributed by atoms with Crippen LogP contribution in [0, 0.1) is 0 Å². The second-order valence-electron chi connectivity index (χ2n) is 13.2. The zero-order chi connectivity index (χ0) is 31.3. The van der Waals surface area contributed by atoms with E-state index in [9.17, 15) is 29.7 Å². The number of hydrogen-bond donors (Lipinski definition) is 7. The zero-order valence-corrected chi connectivity index (χ0v) is 25.4. The summed E-state index contributed by atoms with van der Waals surface area (Å²) in [6, 6.07) is -2.32. The Morgan fingerprint density at radius 3 is 2.31 bits per heavy atom. The highest BCUT2D eigenvalue weighted by Gasteiger charge is 2.69. The number of fused-ring (bicyclic) bond motifs is 13. The fourth-order valence-electron chi connectivity index (χ4n) is 8.51. The summed E-state index contributed by atoms with van der Waals surface area (Å²) in [5, 5.41) is 46.4. The summed E-state index contributed by atoms with van der Waals surface area (Å²) in [7, 11) is 8.04. The zero-order valence-electron chi connectivity index (χ0n) is 24.5. The molecule has 0 saturated carbocycles. The molecular formula is C21H36B3N9O11P. The molecule has 9 aliphatic rings. The van der Waals surface area contributed by atoms with Crippen molar-refractivity contribution in [2.75, 3.05) is 40.6 Å². The lowest BCUT2D eigenvalue weighted by Crippen LogP contribution is -2.97. The average molecular weight is 654 g/mol. The highest BCUT2D eigenvalue weighted by Crippen LogP contribution is 2.47. The Hall–Kier alpha value is -0.335. The van der Waals surface area contributed by atoms with E-state index in [4.69, 9.17) is 31.2 Å². The summed E-state index contributed by atoms with van der Waals surface area (Å²) in [4.78, 5) is 20.5. The minimum atomic E-state index is -4.81. The van der Waals surface area contributed by atoms with Crippen molar-refractivity contribution in [3.63, 3.8) is 0 Å². The number of nitrogens with zero attached hydrogens (tertiary/aromatic N) is 7. The Morgan fingerprint density at radius 1 is 0.956 bits per heavy atom. The van der Waals surface area contributed by atoms with Crippen LogP contribution in [-0.2, 0) is 28.0 Å². The maximum absolute atomic E-state index is 11.4. The van der Waals surface area contributed by atoms with Gasteiger partial charge in [0, 0.05) is 21.8 Å². The first-order valence-electron chi connectivity index (χ1n) is 15.2. The van der Waals surface area contributed by atoms with Crippen LogP contribution in [0.2, 0.25) is 0 Å². The molecule has 15 atom stereocenters. The lowest BCUT2D eigenvalue weighted by atomic mass is 9.23. The first kappa shape index (κ1) is 30.7. The van der Waals surface area contributed by atoms with E-state index in [2.05, 4.69) is 55.0 Å². The minimum absolute atomic E-state index is 0.0688. The van der Waals surface area contributed by atoms with Gasteiger partial charge in [-0.15, -0.1) is 0 Å². The van der Waals surface area contributed by atoms with Crippen molar-refractivity contribution in [1.29, 1.82) is 0 Å². The van der Waals surface area contributed by atoms with Crippen molar-refractivity contribution < 1.29 is 53.1 Å². The molecule has 4 bridgehead atoms. The van der Waals surface area contributed by atoms with Gasteiger partial charge in [-0.3, -0.25) is 4.52 Å². The van der Waals surface area contributed by atoms with Crippen molar-refractivity contribution in [2.24, 2.45) is 0 Å². The molecule has 245 valence electrons. The van der Waals surface area contributed by atoms with E-state index in [0.29, 0.717) is 13.3 Å². The molecule has 7 N–H and O–H groups in total. The number of rotatable bonds is 4. The highest BCUT2D eigenvalue weighted by atomic mass is 31.2. The first-order chi connectivity index (χ1) is 21.4. The van der Waals surface area contributed by atoms with Crippen LogP contribution in [0.15, 0.2) is 0 Å². The molecule has 9 heterocycles. The van der Waals surface area contributed by atoms with E-state index < -0.39 is 100 Å². The van der Waals surface area contributed by atoms with Crippen LogP contribution in [0.3, 0.4) is 0 Å². The van der Waals surface area contributed by atoms with Crippen molar-refractivity contribution in [1.82, 2.24) is 45.7 Å². The van der Waals surface area contributed by atoms with E-state index in [-0.39, 0.29) is 18.9 Å². The molecule has 9 aliphatic heterocycles. The summed E-state index contributed by atoms with van der Waals surface area (Å²) in [6.45, 7) is -0.187. The molecule has 20 nitrogen and oxygen atoms in total. The van der Waals surface area contributed by atoms with Crippen LogP contribution in [0.4, 0.5) is 0 Å².